The Morgan fingerprint density at radius 1 is 1.12 bits per heavy atom. The molecule has 2 rings (SSSR count). The van der Waals surface area contributed by atoms with Crippen LogP contribution >= 0.6 is 0 Å². The van der Waals surface area contributed by atoms with E-state index in [1.807, 2.05) is 13.0 Å². The van der Waals surface area contributed by atoms with Crippen LogP contribution in [0.15, 0.2) is 12.1 Å². The SMILES string of the molecule is Cc1cc(C)c(-c2nc(C#N)[nH]c2C)c(C)c1. The van der Waals surface area contributed by atoms with E-state index in [-0.39, 0.29) is 0 Å². The van der Waals surface area contributed by atoms with E-state index in [1.54, 1.807) is 0 Å². The average Bonchev–Trinajstić information content (AvgIpc) is 2.59. The lowest BCUT2D eigenvalue weighted by Gasteiger charge is -2.09. The largest absolute Gasteiger partial charge is 0.333 e. The van der Waals surface area contributed by atoms with E-state index in [1.165, 1.54) is 16.7 Å². The zero-order chi connectivity index (χ0) is 12.6. The predicted molar refractivity (Wildman–Crippen MR) is 67.7 cm³/mol. The Morgan fingerprint density at radius 2 is 1.71 bits per heavy atom. The number of aromatic amines is 1. The first kappa shape index (κ1) is 11.4. The highest BCUT2D eigenvalue weighted by Gasteiger charge is 2.13. The zero-order valence-corrected chi connectivity index (χ0v) is 10.5. The minimum atomic E-state index is 0.372. The second-order valence-corrected chi connectivity index (χ2v) is 4.44. The van der Waals surface area contributed by atoms with Crippen molar-refractivity contribution in [3.8, 4) is 17.3 Å². The lowest BCUT2D eigenvalue weighted by molar-refractivity contribution is 1.20. The summed E-state index contributed by atoms with van der Waals surface area (Å²) in [7, 11) is 0. The summed E-state index contributed by atoms with van der Waals surface area (Å²) in [5.74, 6) is 0.372. The van der Waals surface area contributed by atoms with Gasteiger partial charge in [0.25, 0.3) is 0 Å². The summed E-state index contributed by atoms with van der Waals surface area (Å²) in [6.45, 7) is 8.19. The summed E-state index contributed by atoms with van der Waals surface area (Å²) >= 11 is 0. The van der Waals surface area contributed by atoms with Crippen LogP contribution in [-0.4, -0.2) is 9.97 Å². The molecule has 0 aliphatic rings. The molecule has 1 aromatic heterocycles. The summed E-state index contributed by atoms with van der Waals surface area (Å²) in [6, 6.07) is 6.32. The summed E-state index contributed by atoms with van der Waals surface area (Å²) < 4.78 is 0. The predicted octanol–water partition coefficient (Wildman–Crippen LogP) is 3.18. The topological polar surface area (TPSA) is 52.5 Å². The molecule has 0 aliphatic carbocycles. The van der Waals surface area contributed by atoms with Crippen LogP contribution in [0.1, 0.15) is 28.2 Å². The molecule has 1 aromatic carbocycles. The Balaban J connectivity index is 2.69. The molecule has 2 aromatic rings. The van der Waals surface area contributed by atoms with Crippen molar-refractivity contribution in [2.24, 2.45) is 0 Å². The van der Waals surface area contributed by atoms with Gasteiger partial charge in [-0.05, 0) is 38.8 Å². The quantitative estimate of drug-likeness (QED) is 0.810. The van der Waals surface area contributed by atoms with Crippen molar-refractivity contribution in [3.05, 3.63) is 40.3 Å². The van der Waals surface area contributed by atoms with Crippen LogP contribution < -0.4 is 0 Å². The molecular formula is C14H15N3. The van der Waals surface area contributed by atoms with Crippen molar-refractivity contribution >= 4 is 0 Å². The van der Waals surface area contributed by atoms with Gasteiger partial charge in [0.15, 0.2) is 0 Å². The number of hydrogen-bond donors (Lipinski definition) is 1. The van der Waals surface area contributed by atoms with E-state index in [9.17, 15) is 0 Å². The van der Waals surface area contributed by atoms with E-state index in [0.29, 0.717) is 5.82 Å². The van der Waals surface area contributed by atoms with E-state index in [2.05, 4.69) is 42.9 Å². The van der Waals surface area contributed by atoms with Gasteiger partial charge in [0.2, 0.25) is 5.82 Å². The van der Waals surface area contributed by atoms with Crippen LogP contribution in [0.2, 0.25) is 0 Å². The number of nitrogens with one attached hydrogen (secondary N) is 1. The van der Waals surface area contributed by atoms with Gasteiger partial charge in [-0.25, -0.2) is 4.98 Å². The molecule has 3 heteroatoms. The van der Waals surface area contributed by atoms with Crippen molar-refractivity contribution < 1.29 is 0 Å². The molecule has 0 unspecified atom stereocenters. The Bertz CT molecular complexity index is 592. The lowest BCUT2D eigenvalue weighted by atomic mass is 9.96. The van der Waals surface area contributed by atoms with Gasteiger partial charge >= 0.3 is 0 Å². The van der Waals surface area contributed by atoms with Crippen LogP contribution in [0.5, 0.6) is 0 Å². The molecule has 0 spiro atoms. The highest BCUT2D eigenvalue weighted by atomic mass is 14.9. The van der Waals surface area contributed by atoms with Crippen LogP contribution in [0.3, 0.4) is 0 Å². The van der Waals surface area contributed by atoms with Gasteiger partial charge < -0.3 is 4.98 Å². The minimum Gasteiger partial charge on any atom is -0.333 e. The Labute approximate surface area is 101 Å². The molecular weight excluding hydrogens is 210 g/mol. The highest BCUT2D eigenvalue weighted by Crippen LogP contribution is 2.29. The van der Waals surface area contributed by atoms with Gasteiger partial charge in [0.1, 0.15) is 6.07 Å². The van der Waals surface area contributed by atoms with E-state index < -0.39 is 0 Å². The number of imidazole rings is 1. The number of benzene rings is 1. The molecule has 1 N–H and O–H groups in total. The zero-order valence-electron chi connectivity index (χ0n) is 10.5. The standard InChI is InChI=1S/C14H15N3/c1-8-5-9(2)13(10(3)6-8)14-11(4)16-12(7-15)17-14/h5-6H,1-4H3,(H,16,17). The number of nitriles is 1. The summed E-state index contributed by atoms with van der Waals surface area (Å²) in [5, 5.41) is 8.86. The smallest absolute Gasteiger partial charge is 0.210 e. The maximum Gasteiger partial charge on any atom is 0.210 e. The van der Waals surface area contributed by atoms with E-state index in [4.69, 9.17) is 5.26 Å². The van der Waals surface area contributed by atoms with Crippen molar-refractivity contribution in [1.82, 2.24) is 9.97 Å². The molecule has 0 aliphatic heterocycles. The van der Waals surface area contributed by atoms with Crippen LogP contribution in [0.25, 0.3) is 11.3 Å². The molecule has 3 nitrogen and oxygen atoms in total. The van der Waals surface area contributed by atoms with Crippen molar-refractivity contribution in [2.75, 3.05) is 0 Å². The molecule has 1 heterocycles. The maximum absolute atomic E-state index is 8.86. The second kappa shape index (κ2) is 4.06. The molecule has 17 heavy (non-hydrogen) atoms. The van der Waals surface area contributed by atoms with Gasteiger partial charge in [-0.2, -0.15) is 5.26 Å². The summed E-state index contributed by atoms with van der Waals surface area (Å²) in [4.78, 5) is 7.32. The number of aromatic nitrogens is 2. The molecule has 0 saturated carbocycles. The maximum atomic E-state index is 8.86. The normalized spacial score (nSPS) is 10.3. The van der Waals surface area contributed by atoms with Crippen LogP contribution in [0, 0.1) is 39.0 Å². The number of H-pyrrole nitrogens is 1. The van der Waals surface area contributed by atoms with Crippen molar-refractivity contribution in [3.63, 3.8) is 0 Å². The molecule has 0 amide bonds. The van der Waals surface area contributed by atoms with Crippen LogP contribution in [0.4, 0.5) is 0 Å². The minimum absolute atomic E-state index is 0.372. The van der Waals surface area contributed by atoms with Gasteiger partial charge in [0, 0.05) is 11.3 Å². The second-order valence-electron chi connectivity index (χ2n) is 4.44. The average molecular weight is 225 g/mol. The molecule has 0 atom stereocenters. The fourth-order valence-corrected chi connectivity index (χ4v) is 2.31. The van der Waals surface area contributed by atoms with E-state index >= 15 is 0 Å². The third-order valence-electron chi connectivity index (χ3n) is 2.90. The Kier molecular flexibility index (Phi) is 2.72. The molecule has 86 valence electrons. The van der Waals surface area contributed by atoms with E-state index in [0.717, 1.165) is 17.0 Å². The molecule has 0 saturated heterocycles. The highest BCUT2D eigenvalue weighted by molar-refractivity contribution is 5.70. The molecule has 0 radical (unpaired) electrons. The summed E-state index contributed by atoms with van der Waals surface area (Å²) in [6.07, 6.45) is 0. The third kappa shape index (κ3) is 1.94. The lowest BCUT2D eigenvalue weighted by Crippen LogP contribution is -1.92. The van der Waals surface area contributed by atoms with Gasteiger partial charge in [-0.3, -0.25) is 0 Å². The summed E-state index contributed by atoms with van der Waals surface area (Å²) in [5.41, 5.74) is 6.60. The first-order valence-electron chi connectivity index (χ1n) is 5.58. The van der Waals surface area contributed by atoms with Crippen molar-refractivity contribution in [2.45, 2.75) is 27.7 Å². The monoisotopic (exact) mass is 225 g/mol. The van der Waals surface area contributed by atoms with Crippen molar-refractivity contribution in [1.29, 1.82) is 5.26 Å². The fraction of sp³-hybridized carbons (Fsp3) is 0.286. The number of rotatable bonds is 1. The number of hydrogen-bond acceptors (Lipinski definition) is 2. The third-order valence-corrected chi connectivity index (χ3v) is 2.90. The first-order valence-corrected chi connectivity index (χ1v) is 5.58. The molecule has 0 fully saturated rings. The Morgan fingerprint density at radius 3 is 2.18 bits per heavy atom. The first-order chi connectivity index (χ1) is 8.02. The fourth-order valence-electron chi connectivity index (χ4n) is 2.31. The Hall–Kier alpha value is -2.08. The van der Waals surface area contributed by atoms with Gasteiger partial charge in [0.05, 0.1) is 5.69 Å². The van der Waals surface area contributed by atoms with Gasteiger partial charge in [-0.1, -0.05) is 17.7 Å². The number of nitrogens with zero attached hydrogens (tertiary/aromatic N) is 2. The number of aryl methyl sites for hydroxylation is 4. The van der Waals surface area contributed by atoms with Gasteiger partial charge in [-0.15, -0.1) is 0 Å². The molecule has 0 bridgehead atoms. The van der Waals surface area contributed by atoms with Crippen LogP contribution in [-0.2, 0) is 0 Å².